The number of aromatic nitrogens is 1. The van der Waals surface area contributed by atoms with Crippen LogP contribution in [0.2, 0.25) is 0 Å². The van der Waals surface area contributed by atoms with Crippen molar-refractivity contribution in [2.45, 2.75) is 23.4 Å². The summed E-state index contributed by atoms with van der Waals surface area (Å²) in [7, 11) is -3.66. The molecule has 4 heterocycles. The summed E-state index contributed by atoms with van der Waals surface area (Å²) in [6.07, 6.45) is 3.91. The van der Waals surface area contributed by atoms with E-state index in [1.54, 1.807) is 33.7 Å². The third-order valence-corrected chi connectivity index (χ3v) is 8.60. The second kappa shape index (κ2) is 6.76. The highest BCUT2D eigenvalue weighted by atomic mass is 32.2. The minimum Gasteiger partial charge on any atom is -0.336 e. The number of amides is 1. The highest BCUT2D eigenvalue weighted by Gasteiger charge is 2.57. The zero-order chi connectivity index (χ0) is 20.1. The second-order valence-corrected chi connectivity index (χ2v) is 10.1. The molecule has 0 radical (unpaired) electrons. The number of carbonyl (C=O) groups excluding carboxylic acids is 1. The Balaban J connectivity index is 1.58. The van der Waals surface area contributed by atoms with Crippen LogP contribution >= 0.6 is 11.3 Å². The second-order valence-electron chi connectivity index (χ2n) is 7.35. The Morgan fingerprint density at radius 3 is 2.66 bits per heavy atom. The van der Waals surface area contributed by atoms with Gasteiger partial charge < -0.3 is 4.90 Å². The Labute approximate surface area is 173 Å². The number of benzene rings is 1. The van der Waals surface area contributed by atoms with Gasteiger partial charge in [-0.1, -0.05) is 24.3 Å². The van der Waals surface area contributed by atoms with Crippen LogP contribution in [0.5, 0.6) is 0 Å². The maximum Gasteiger partial charge on any atom is 0.263 e. The third kappa shape index (κ3) is 2.82. The zero-order valence-electron chi connectivity index (χ0n) is 15.6. The maximum atomic E-state index is 13.5. The first-order valence-corrected chi connectivity index (χ1v) is 11.7. The molecule has 2 aliphatic heterocycles. The van der Waals surface area contributed by atoms with Crippen molar-refractivity contribution in [2.75, 3.05) is 13.1 Å². The number of hydrogen-bond donors (Lipinski definition) is 0. The lowest BCUT2D eigenvalue weighted by Crippen LogP contribution is -2.46. The molecule has 6 nitrogen and oxygen atoms in total. The van der Waals surface area contributed by atoms with Gasteiger partial charge >= 0.3 is 0 Å². The van der Waals surface area contributed by atoms with Crippen LogP contribution in [0, 0.1) is 0 Å². The van der Waals surface area contributed by atoms with Crippen molar-refractivity contribution >= 4 is 27.3 Å². The smallest absolute Gasteiger partial charge is 0.263 e. The Hall–Kier alpha value is -2.55. The van der Waals surface area contributed by atoms with Gasteiger partial charge in [0.2, 0.25) is 10.0 Å². The fourth-order valence-electron chi connectivity index (χ4n) is 4.40. The molecule has 0 bridgehead atoms. The van der Waals surface area contributed by atoms with Crippen LogP contribution in [0.1, 0.15) is 27.2 Å². The van der Waals surface area contributed by atoms with Gasteiger partial charge in [0.1, 0.15) is 0 Å². The normalized spacial score (nSPS) is 22.8. The minimum absolute atomic E-state index is 0.0393. The van der Waals surface area contributed by atoms with E-state index in [4.69, 9.17) is 0 Å². The van der Waals surface area contributed by atoms with Crippen molar-refractivity contribution in [1.29, 1.82) is 0 Å². The van der Waals surface area contributed by atoms with Crippen LogP contribution in [0.3, 0.4) is 0 Å². The molecule has 1 saturated heterocycles. The van der Waals surface area contributed by atoms with E-state index in [1.807, 2.05) is 41.8 Å². The lowest BCUT2D eigenvalue weighted by molar-refractivity contribution is 0.0767. The summed E-state index contributed by atoms with van der Waals surface area (Å²) in [5.41, 5.74) is 0.917. The Kier molecular flexibility index (Phi) is 4.31. The predicted molar refractivity (Wildman–Crippen MR) is 110 cm³/mol. The Morgan fingerprint density at radius 2 is 1.90 bits per heavy atom. The molecule has 5 rings (SSSR count). The van der Waals surface area contributed by atoms with Crippen LogP contribution in [0.25, 0.3) is 0 Å². The Bertz CT molecular complexity index is 1160. The fourth-order valence-corrected chi connectivity index (χ4v) is 7.14. The van der Waals surface area contributed by atoms with Gasteiger partial charge in [0.05, 0.1) is 15.3 Å². The molecule has 2 aliphatic rings. The van der Waals surface area contributed by atoms with Crippen molar-refractivity contribution in [1.82, 2.24) is 14.2 Å². The van der Waals surface area contributed by atoms with Crippen molar-refractivity contribution in [3.05, 3.63) is 82.3 Å². The number of sulfonamides is 1. The predicted octanol–water partition coefficient (Wildman–Crippen LogP) is 3.09. The molecule has 3 aromatic rings. The van der Waals surface area contributed by atoms with Gasteiger partial charge in [-0.25, -0.2) is 8.42 Å². The molecule has 0 saturated carbocycles. The topological polar surface area (TPSA) is 70.6 Å². The van der Waals surface area contributed by atoms with Gasteiger partial charge in [-0.2, -0.15) is 4.31 Å². The summed E-state index contributed by atoms with van der Waals surface area (Å²) in [6.45, 7) is 1.12. The summed E-state index contributed by atoms with van der Waals surface area (Å²) >= 11 is 1.41. The highest BCUT2D eigenvalue weighted by Crippen LogP contribution is 2.50. The molecule has 1 atom stereocenters. The van der Waals surface area contributed by atoms with E-state index in [0.717, 1.165) is 11.1 Å². The van der Waals surface area contributed by atoms with Crippen LogP contribution in [0.4, 0.5) is 0 Å². The van der Waals surface area contributed by atoms with Crippen LogP contribution < -0.4 is 0 Å². The van der Waals surface area contributed by atoms with Gasteiger partial charge in [0, 0.05) is 32.0 Å². The van der Waals surface area contributed by atoms with E-state index >= 15 is 0 Å². The lowest BCUT2D eigenvalue weighted by Gasteiger charge is -2.34. The van der Waals surface area contributed by atoms with Crippen LogP contribution in [-0.2, 0) is 22.1 Å². The van der Waals surface area contributed by atoms with Crippen molar-refractivity contribution in [2.24, 2.45) is 0 Å². The van der Waals surface area contributed by atoms with E-state index in [0.29, 0.717) is 29.3 Å². The lowest BCUT2D eigenvalue weighted by atomic mass is 9.88. The first kappa shape index (κ1) is 18.5. The van der Waals surface area contributed by atoms with E-state index in [1.165, 1.54) is 11.3 Å². The van der Waals surface area contributed by atoms with Crippen molar-refractivity contribution < 1.29 is 13.2 Å². The standard InChI is InChI=1S/C21H19N3O3S2/c25-20(18-5-3-13-28-18)23-12-9-21(15-23)17-4-1-2-6-19(17)29(26,27)24(21)14-16-7-10-22-11-8-16/h1-8,10-11,13H,9,12,14-15H2/t21-/m0/s1. The molecule has 1 fully saturated rings. The molecule has 0 aliphatic carbocycles. The molecule has 1 spiro atoms. The molecular formula is C21H19N3O3S2. The zero-order valence-corrected chi connectivity index (χ0v) is 17.2. The number of hydrogen-bond acceptors (Lipinski definition) is 5. The molecule has 2 aromatic heterocycles. The minimum atomic E-state index is -3.66. The quantitative estimate of drug-likeness (QED) is 0.647. The van der Waals surface area contributed by atoms with Crippen LogP contribution in [-0.4, -0.2) is 41.6 Å². The monoisotopic (exact) mass is 425 g/mol. The summed E-state index contributed by atoms with van der Waals surface area (Å²) < 4.78 is 28.5. The number of thiophene rings is 1. The average molecular weight is 426 g/mol. The summed E-state index contributed by atoms with van der Waals surface area (Å²) in [4.78, 5) is 19.8. The molecule has 0 N–H and O–H groups in total. The van der Waals surface area contributed by atoms with E-state index in [9.17, 15) is 13.2 Å². The van der Waals surface area contributed by atoms with Gasteiger partial charge in [0.25, 0.3) is 5.91 Å². The number of carbonyl (C=O) groups is 1. The molecular weight excluding hydrogens is 406 g/mol. The summed E-state index contributed by atoms with van der Waals surface area (Å²) in [5.74, 6) is -0.0393. The van der Waals surface area contributed by atoms with Crippen molar-refractivity contribution in [3.8, 4) is 0 Å². The third-order valence-electron chi connectivity index (χ3n) is 5.78. The molecule has 1 aromatic carbocycles. The van der Waals surface area contributed by atoms with E-state index < -0.39 is 15.6 Å². The number of likely N-dealkylation sites (tertiary alicyclic amines) is 1. The fraction of sp³-hybridized carbons (Fsp3) is 0.238. The molecule has 8 heteroatoms. The Morgan fingerprint density at radius 1 is 1.10 bits per heavy atom. The van der Waals surface area contributed by atoms with Gasteiger partial charge in [-0.15, -0.1) is 11.3 Å². The first-order chi connectivity index (χ1) is 14.0. The van der Waals surface area contributed by atoms with Gasteiger partial charge in [-0.3, -0.25) is 9.78 Å². The number of rotatable bonds is 3. The highest BCUT2D eigenvalue weighted by molar-refractivity contribution is 7.89. The SMILES string of the molecule is O=C(c1cccs1)N1CC[C@]2(C1)c1ccccc1S(=O)(=O)N2Cc1ccncc1. The summed E-state index contributed by atoms with van der Waals surface area (Å²) in [5, 5.41) is 1.88. The number of fused-ring (bicyclic) bond motifs is 2. The molecule has 29 heavy (non-hydrogen) atoms. The first-order valence-electron chi connectivity index (χ1n) is 9.36. The number of nitrogens with zero attached hydrogens (tertiary/aromatic N) is 3. The van der Waals surface area contributed by atoms with Gasteiger partial charge in [0.15, 0.2) is 0 Å². The largest absolute Gasteiger partial charge is 0.336 e. The average Bonchev–Trinajstić information content (AvgIpc) is 3.46. The van der Waals surface area contributed by atoms with E-state index in [2.05, 4.69) is 4.98 Å². The van der Waals surface area contributed by atoms with Gasteiger partial charge in [-0.05, 0) is 47.2 Å². The maximum absolute atomic E-state index is 13.5. The van der Waals surface area contributed by atoms with Crippen molar-refractivity contribution in [3.63, 3.8) is 0 Å². The number of pyridine rings is 1. The van der Waals surface area contributed by atoms with E-state index in [-0.39, 0.29) is 12.5 Å². The molecule has 148 valence electrons. The molecule has 1 amide bonds. The van der Waals surface area contributed by atoms with Crippen LogP contribution in [0.15, 0.2) is 71.2 Å². The molecule has 0 unspecified atom stereocenters. The summed E-state index contributed by atoms with van der Waals surface area (Å²) in [6, 6.07) is 14.5.